The summed E-state index contributed by atoms with van der Waals surface area (Å²) in [5.74, 6) is 1.38. The second-order valence-corrected chi connectivity index (χ2v) is 8.98. The quantitative estimate of drug-likeness (QED) is 0.799. The van der Waals surface area contributed by atoms with Crippen molar-refractivity contribution in [3.8, 4) is 0 Å². The molecule has 2 rings (SSSR count). The van der Waals surface area contributed by atoms with Crippen molar-refractivity contribution in [1.29, 1.82) is 0 Å². The number of rotatable bonds is 3. The predicted molar refractivity (Wildman–Crippen MR) is 80.3 cm³/mol. The molecule has 3 nitrogen and oxygen atoms in total. The highest BCUT2D eigenvalue weighted by atomic mass is 35.5. The number of thiophene rings is 1. The van der Waals surface area contributed by atoms with Crippen molar-refractivity contribution >= 4 is 33.0 Å². The molecule has 1 aliphatic rings. The fourth-order valence-corrected chi connectivity index (χ4v) is 5.84. The van der Waals surface area contributed by atoms with E-state index in [4.69, 9.17) is 11.6 Å². The van der Waals surface area contributed by atoms with E-state index < -0.39 is 10.0 Å². The zero-order chi connectivity index (χ0) is 14.2. The zero-order valence-electron chi connectivity index (χ0n) is 11.5. The number of hydrogen-bond acceptors (Lipinski definition) is 3. The molecule has 0 bridgehead atoms. The van der Waals surface area contributed by atoms with Gasteiger partial charge in [-0.3, -0.25) is 0 Å². The topological polar surface area (TPSA) is 37.4 Å². The average molecular weight is 322 g/mol. The molecule has 1 aromatic heterocycles. The summed E-state index contributed by atoms with van der Waals surface area (Å²) in [6.45, 7) is 7.47. The zero-order valence-corrected chi connectivity index (χ0v) is 13.9. The lowest BCUT2D eigenvalue weighted by molar-refractivity contribution is 0.213. The van der Waals surface area contributed by atoms with Crippen molar-refractivity contribution in [2.24, 2.45) is 11.8 Å². The van der Waals surface area contributed by atoms with Gasteiger partial charge in [0, 0.05) is 18.0 Å². The second kappa shape index (κ2) is 5.72. The van der Waals surface area contributed by atoms with Crippen LogP contribution in [0.4, 0.5) is 0 Å². The SMILES string of the molecule is Cc1cc(S(=O)(=O)N2CCC(C)C(C)C2)sc1CCl. The Morgan fingerprint density at radius 1 is 1.42 bits per heavy atom. The Bertz CT molecular complexity index is 553. The minimum Gasteiger partial charge on any atom is -0.206 e. The third-order valence-electron chi connectivity index (χ3n) is 4.01. The van der Waals surface area contributed by atoms with Crippen molar-refractivity contribution in [1.82, 2.24) is 4.31 Å². The molecule has 2 atom stereocenters. The molecule has 0 N–H and O–H groups in total. The number of sulfonamides is 1. The molecule has 0 aromatic carbocycles. The van der Waals surface area contributed by atoms with Crippen molar-refractivity contribution in [3.63, 3.8) is 0 Å². The van der Waals surface area contributed by atoms with Crippen LogP contribution < -0.4 is 0 Å². The van der Waals surface area contributed by atoms with E-state index in [-0.39, 0.29) is 0 Å². The minimum atomic E-state index is -3.34. The summed E-state index contributed by atoms with van der Waals surface area (Å²) >= 11 is 7.13. The van der Waals surface area contributed by atoms with Gasteiger partial charge in [-0.2, -0.15) is 4.31 Å². The van der Waals surface area contributed by atoms with Crippen LogP contribution >= 0.6 is 22.9 Å². The summed E-state index contributed by atoms with van der Waals surface area (Å²) in [5, 5.41) is 0. The number of piperidine rings is 1. The molecule has 0 radical (unpaired) electrons. The van der Waals surface area contributed by atoms with E-state index in [0.717, 1.165) is 16.9 Å². The first kappa shape index (κ1) is 15.3. The Morgan fingerprint density at radius 2 is 2.11 bits per heavy atom. The summed E-state index contributed by atoms with van der Waals surface area (Å²) < 4.78 is 27.3. The lowest BCUT2D eigenvalue weighted by Gasteiger charge is -2.34. The largest absolute Gasteiger partial charge is 0.252 e. The van der Waals surface area contributed by atoms with Crippen LogP contribution in [0.2, 0.25) is 0 Å². The highest BCUT2D eigenvalue weighted by molar-refractivity contribution is 7.91. The fourth-order valence-electron chi connectivity index (χ4n) is 2.32. The van der Waals surface area contributed by atoms with Crippen LogP contribution in [0.5, 0.6) is 0 Å². The van der Waals surface area contributed by atoms with E-state index in [1.54, 1.807) is 10.4 Å². The molecule has 0 spiro atoms. The Balaban J connectivity index is 2.27. The van der Waals surface area contributed by atoms with Crippen LogP contribution in [0.15, 0.2) is 10.3 Å². The van der Waals surface area contributed by atoms with Gasteiger partial charge in [0.05, 0.1) is 5.88 Å². The van der Waals surface area contributed by atoms with Crippen molar-refractivity contribution in [2.75, 3.05) is 13.1 Å². The van der Waals surface area contributed by atoms with E-state index in [0.29, 0.717) is 35.0 Å². The van der Waals surface area contributed by atoms with E-state index in [1.165, 1.54) is 11.3 Å². The average Bonchev–Trinajstić information content (AvgIpc) is 2.74. The fraction of sp³-hybridized carbons (Fsp3) is 0.692. The molecule has 0 amide bonds. The molecule has 0 saturated carbocycles. The van der Waals surface area contributed by atoms with Gasteiger partial charge in [0.15, 0.2) is 0 Å². The van der Waals surface area contributed by atoms with E-state index in [2.05, 4.69) is 13.8 Å². The third-order valence-corrected chi connectivity index (χ3v) is 7.99. The van der Waals surface area contributed by atoms with Gasteiger partial charge in [0.2, 0.25) is 0 Å². The summed E-state index contributed by atoms with van der Waals surface area (Å²) in [4.78, 5) is 0.943. The molecule has 19 heavy (non-hydrogen) atoms. The summed E-state index contributed by atoms with van der Waals surface area (Å²) in [6, 6.07) is 1.75. The van der Waals surface area contributed by atoms with Gasteiger partial charge in [-0.15, -0.1) is 22.9 Å². The van der Waals surface area contributed by atoms with Crippen LogP contribution in [0.3, 0.4) is 0 Å². The van der Waals surface area contributed by atoms with Crippen LogP contribution in [-0.4, -0.2) is 25.8 Å². The van der Waals surface area contributed by atoms with E-state index in [9.17, 15) is 8.42 Å². The highest BCUT2D eigenvalue weighted by Crippen LogP contribution is 2.32. The molecule has 0 aliphatic carbocycles. The van der Waals surface area contributed by atoms with Gasteiger partial charge >= 0.3 is 0 Å². The number of aryl methyl sites for hydroxylation is 1. The number of nitrogens with zero attached hydrogens (tertiary/aromatic N) is 1. The van der Waals surface area contributed by atoms with Crippen molar-refractivity contribution in [2.45, 2.75) is 37.3 Å². The maximum atomic E-state index is 12.6. The third kappa shape index (κ3) is 2.99. The van der Waals surface area contributed by atoms with Crippen LogP contribution in [0.1, 0.15) is 30.7 Å². The molecular weight excluding hydrogens is 302 g/mol. The maximum absolute atomic E-state index is 12.6. The molecular formula is C13H20ClNO2S2. The lowest BCUT2D eigenvalue weighted by Crippen LogP contribution is -2.41. The standard InChI is InChI=1S/C13H20ClNO2S2/c1-9-4-5-15(8-11(9)3)19(16,17)13-6-10(2)12(7-14)18-13/h6,9,11H,4-5,7-8H2,1-3H3. The van der Waals surface area contributed by atoms with Crippen LogP contribution in [0.25, 0.3) is 0 Å². The molecule has 2 heterocycles. The molecule has 6 heteroatoms. The van der Waals surface area contributed by atoms with Crippen molar-refractivity contribution < 1.29 is 8.42 Å². The Morgan fingerprint density at radius 3 is 2.63 bits per heavy atom. The smallest absolute Gasteiger partial charge is 0.206 e. The first-order valence-electron chi connectivity index (χ1n) is 6.51. The molecule has 1 fully saturated rings. The Hall–Kier alpha value is -0.100. The lowest BCUT2D eigenvalue weighted by atomic mass is 9.90. The monoisotopic (exact) mass is 321 g/mol. The van der Waals surface area contributed by atoms with Crippen LogP contribution in [0, 0.1) is 18.8 Å². The van der Waals surface area contributed by atoms with E-state index >= 15 is 0 Å². The maximum Gasteiger partial charge on any atom is 0.252 e. The van der Waals surface area contributed by atoms with Gasteiger partial charge in [-0.05, 0) is 36.8 Å². The van der Waals surface area contributed by atoms with Crippen LogP contribution in [-0.2, 0) is 15.9 Å². The molecule has 1 aromatic rings. The van der Waals surface area contributed by atoms with Gasteiger partial charge in [-0.1, -0.05) is 13.8 Å². The summed E-state index contributed by atoms with van der Waals surface area (Å²) in [6.07, 6.45) is 0.938. The number of hydrogen-bond donors (Lipinski definition) is 0. The number of alkyl halides is 1. The first-order valence-corrected chi connectivity index (χ1v) is 9.30. The van der Waals surface area contributed by atoms with Gasteiger partial charge in [0.1, 0.15) is 4.21 Å². The second-order valence-electron chi connectivity index (χ2n) is 5.41. The molecule has 108 valence electrons. The Kier molecular flexibility index (Phi) is 4.60. The van der Waals surface area contributed by atoms with Crippen molar-refractivity contribution in [3.05, 3.63) is 16.5 Å². The van der Waals surface area contributed by atoms with Gasteiger partial charge < -0.3 is 0 Å². The summed E-state index contributed by atoms with van der Waals surface area (Å²) in [5.41, 5.74) is 0.969. The molecule has 2 unspecified atom stereocenters. The Labute approximate surface area is 124 Å². The predicted octanol–water partition coefficient (Wildman–Crippen LogP) is 3.46. The van der Waals surface area contributed by atoms with E-state index in [1.807, 2.05) is 6.92 Å². The normalized spacial score (nSPS) is 25.7. The molecule has 1 aliphatic heterocycles. The van der Waals surface area contributed by atoms with Gasteiger partial charge in [0.25, 0.3) is 10.0 Å². The van der Waals surface area contributed by atoms with Gasteiger partial charge in [-0.25, -0.2) is 8.42 Å². The summed E-state index contributed by atoms with van der Waals surface area (Å²) in [7, 11) is -3.34. The number of halogens is 1. The minimum absolute atomic E-state index is 0.374. The molecule has 1 saturated heterocycles. The highest BCUT2D eigenvalue weighted by Gasteiger charge is 2.32. The first-order chi connectivity index (χ1) is 8.86.